The highest BCUT2D eigenvalue weighted by molar-refractivity contribution is 6.35. The van der Waals surface area contributed by atoms with Gasteiger partial charge in [-0.15, -0.1) is 11.6 Å². The van der Waals surface area contributed by atoms with E-state index in [1.807, 2.05) is 0 Å². The van der Waals surface area contributed by atoms with Crippen LogP contribution in [0.4, 0.5) is 0 Å². The van der Waals surface area contributed by atoms with Crippen LogP contribution < -0.4 is 5.32 Å². The summed E-state index contributed by atoms with van der Waals surface area (Å²) in [5.74, 6) is -0.143. The molecule has 0 saturated carbocycles. The average Bonchev–Trinajstić information content (AvgIpc) is 2.24. The number of likely N-dealkylation sites (tertiary alicyclic amines) is 1. The van der Waals surface area contributed by atoms with E-state index in [-0.39, 0.29) is 0 Å². The largest absolute Gasteiger partial charge is 0.347 e. The number of halogens is 1. The lowest BCUT2D eigenvalue weighted by molar-refractivity contribution is -0.146. The van der Waals surface area contributed by atoms with Crippen molar-refractivity contribution in [1.82, 2.24) is 10.2 Å². The Morgan fingerprint density at radius 1 is 1.53 bits per heavy atom. The van der Waals surface area contributed by atoms with E-state index in [0.717, 1.165) is 12.8 Å². The van der Waals surface area contributed by atoms with Crippen LogP contribution in [0.1, 0.15) is 19.8 Å². The Labute approximate surface area is 95.0 Å². The Balaban J connectivity index is 2.41. The van der Waals surface area contributed by atoms with Gasteiger partial charge in [-0.25, -0.2) is 0 Å². The molecule has 4 nitrogen and oxygen atoms in total. The summed E-state index contributed by atoms with van der Waals surface area (Å²) in [7, 11) is 0. The zero-order valence-electron chi connectivity index (χ0n) is 8.96. The molecule has 1 heterocycles. The van der Waals surface area contributed by atoms with Gasteiger partial charge in [-0.3, -0.25) is 9.59 Å². The van der Waals surface area contributed by atoms with E-state index in [2.05, 4.69) is 12.2 Å². The third-order valence-corrected chi connectivity index (χ3v) is 2.71. The van der Waals surface area contributed by atoms with Crippen molar-refractivity contribution in [3.05, 3.63) is 0 Å². The first-order valence-corrected chi connectivity index (χ1v) is 5.81. The molecule has 1 aliphatic heterocycles. The lowest BCUT2D eigenvalue weighted by atomic mass is 10.0. The van der Waals surface area contributed by atoms with Gasteiger partial charge >= 0.3 is 11.8 Å². The van der Waals surface area contributed by atoms with Gasteiger partial charge in [-0.2, -0.15) is 0 Å². The number of piperidine rings is 1. The smallest absolute Gasteiger partial charge is 0.311 e. The summed E-state index contributed by atoms with van der Waals surface area (Å²) < 4.78 is 0. The minimum absolute atomic E-state index is 0.329. The summed E-state index contributed by atoms with van der Waals surface area (Å²) in [6.45, 7) is 3.82. The van der Waals surface area contributed by atoms with Crippen molar-refractivity contribution in [3.8, 4) is 0 Å². The van der Waals surface area contributed by atoms with Crippen LogP contribution in [0, 0.1) is 5.92 Å². The molecule has 0 radical (unpaired) electrons. The SMILES string of the molecule is CC1CCCN(C(=O)C(=O)NCCCl)C1. The number of amides is 2. The molecule has 0 bridgehead atoms. The Hall–Kier alpha value is -0.770. The molecule has 1 aliphatic rings. The molecular formula is C10H17ClN2O2. The van der Waals surface area contributed by atoms with Crippen LogP contribution in [0.15, 0.2) is 0 Å². The Bertz CT molecular complexity index is 246. The van der Waals surface area contributed by atoms with Crippen molar-refractivity contribution in [1.29, 1.82) is 0 Å². The van der Waals surface area contributed by atoms with E-state index in [1.54, 1.807) is 4.90 Å². The van der Waals surface area contributed by atoms with E-state index in [1.165, 1.54) is 0 Å². The number of hydrogen-bond acceptors (Lipinski definition) is 2. The van der Waals surface area contributed by atoms with Crippen LogP contribution in [0.3, 0.4) is 0 Å². The standard InChI is InChI=1S/C10H17ClN2O2/c1-8-3-2-6-13(7-8)10(15)9(14)12-5-4-11/h8H,2-7H2,1H3,(H,12,14). The van der Waals surface area contributed by atoms with Crippen molar-refractivity contribution in [2.24, 2.45) is 5.92 Å². The highest BCUT2D eigenvalue weighted by Gasteiger charge is 2.25. The second kappa shape index (κ2) is 5.95. The molecular weight excluding hydrogens is 216 g/mol. The molecule has 0 aliphatic carbocycles. The molecule has 15 heavy (non-hydrogen) atoms. The monoisotopic (exact) mass is 232 g/mol. The van der Waals surface area contributed by atoms with Gasteiger partial charge in [0.15, 0.2) is 0 Å². The van der Waals surface area contributed by atoms with Crippen LogP contribution in [0.5, 0.6) is 0 Å². The maximum atomic E-state index is 11.6. The number of hydrogen-bond donors (Lipinski definition) is 1. The number of nitrogens with one attached hydrogen (secondary N) is 1. The fourth-order valence-corrected chi connectivity index (χ4v) is 1.85. The number of carbonyl (C=O) groups excluding carboxylic acids is 2. The summed E-state index contributed by atoms with van der Waals surface area (Å²) in [6, 6.07) is 0. The van der Waals surface area contributed by atoms with Crippen molar-refractivity contribution in [2.45, 2.75) is 19.8 Å². The number of rotatable bonds is 2. The molecule has 2 amide bonds. The topological polar surface area (TPSA) is 49.4 Å². The predicted octanol–water partition coefficient (Wildman–Crippen LogP) is 0.600. The Morgan fingerprint density at radius 3 is 2.87 bits per heavy atom. The van der Waals surface area contributed by atoms with Gasteiger partial charge in [0.05, 0.1) is 0 Å². The highest BCUT2D eigenvalue weighted by atomic mass is 35.5. The highest BCUT2D eigenvalue weighted by Crippen LogP contribution is 2.15. The molecule has 1 saturated heterocycles. The van der Waals surface area contributed by atoms with E-state index in [0.29, 0.717) is 31.4 Å². The molecule has 0 spiro atoms. The first-order chi connectivity index (χ1) is 7.15. The van der Waals surface area contributed by atoms with Gasteiger partial charge in [0, 0.05) is 25.5 Å². The fourth-order valence-electron chi connectivity index (χ4n) is 1.75. The summed E-state index contributed by atoms with van der Waals surface area (Å²) in [4.78, 5) is 24.6. The molecule has 1 rings (SSSR count). The summed E-state index contributed by atoms with van der Waals surface area (Å²) in [6.07, 6.45) is 2.11. The quantitative estimate of drug-likeness (QED) is 0.560. The van der Waals surface area contributed by atoms with E-state index >= 15 is 0 Å². The van der Waals surface area contributed by atoms with Gasteiger partial charge in [0.2, 0.25) is 0 Å². The van der Waals surface area contributed by atoms with Gasteiger partial charge in [-0.1, -0.05) is 6.92 Å². The number of carbonyl (C=O) groups is 2. The summed E-state index contributed by atoms with van der Waals surface area (Å²) >= 11 is 5.42. The second-order valence-corrected chi connectivity index (χ2v) is 4.32. The molecule has 1 N–H and O–H groups in total. The van der Waals surface area contributed by atoms with E-state index in [4.69, 9.17) is 11.6 Å². The van der Waals surface area contributed by atoms with E-state index in [9.17, 15) is 9.59 Å². The van der Waals surface area contributed by atoms with E-state index < -0.39 is 11.8 Å². The molecule has 0 aromatic carbocycles. The molecule has 5 heteroatoms. The van der Waals surface area contributed by atoms with Crippen molar-refractivity contribution < 1.29 is 9.59 Å². The van der Waals surface area contributed by atoms with Crippen molar-refractivity contribution in [3.63, 3.8) is 0 Å². The summed E-state index contributed by atoms with van der Waals surface area (Å²) in [5, 5.41) is 2.48. The number of alkyl halides is 1. The first-order valence-electron chi connectivity index (χ1n) is 5.28. The van der Waals surface area contributed by atoms with Crippen LogP contribution >= 0.6 is 11.6 Å². The lowest BCUT2D eigenvalue weighted by Gasteiger charge is -2.30. The van der Waals surface area contributed by atoms with Crippen LogP contribution in [-0.4, -0.2) is 42.2 Å². The molecule has 1 unspecified atom stereocenters. The predicted molar refractivity (Wildman–Crippen MR) is 58.7 cm³/mol. The molecule has 0 aromatic rings. The average molecular weight is 233 g/mol. The normalized spacial score (nSPS) is 21.2. The van der Waals surface area contributed by atoms with Crippen LogP contribution in [0.2, 0.25) is 0 Å². The Morgan fingerprint density at radius 2 is 2.27 bits per heavy atom. The minimum Gasteiger partial charge on any atom is -0.347 e. The van der Waals surface area contributed by atoms with Gasteiger partial charge < -0.3 is 10.2 Å². The summed E-state index contributed by atoms with van der Waals surface area (Å²) in [5.41, 5.74) is 0. The second-order valence-electron chi connectivity index (χ2n) is 3.94. The Kier molecular flexibility index (Phi) is 4.88. The molecule has 1 fully saturated rings. The zero-order chi connectivity index (χ0) is 11.3. The third-order valence-electron chi connectivity index (χ3n) is 2.52. The zero-order valence-corrected chi connectivity index (χ0v) is 9.72. The maximum Gasteiger partial charge on any atom is 0.311 e. The lowest BCUT2D eigenvalue weighted by Crippen LogP contribution is -2.47. The molecule has 86 valence electrons. The van der Waals surface area contributed by atoms with Crippen LogP contribution in [-0.2, 0) is 9.59 Å². The molecule has 1 atom stereocenters. The van der Waals surface area contributed by atoms with Crippen molar-refractivity contribution >= 4 is 23.4 Å². The minimum atomic E-state index is -0.537. The maximum absolute atomic E-state index is 11.6. The van der Waals surface area contributed by atoms with Crippen LogP contribution in [0.25, 0.3) is 0 Å². The third kappa shape index (κ3) is 3.70. The number of nitrogens with zero attached hydrogens (tertiary/aromatic N) is 1. The van der Waals surface area contributed by atoms with Gasteiger partial charge in [0.25, 0.3) is 0 Å². The first kappa shape index (κ1) is 12.3. The fraction of sp³-hybridized carbons (Fsp3) is 0.800. The van der Waals surface area contributed by atoms with Crippen molar-refractivity contribution in [2.75, 3.05) is 25.5 Å². The molecule has 0 aromatic heterocycles. The van der Waals surface area contributed by atoms with Gasteiger partial charge in [-0.05, 0) is 18.8 Å². The van der Waals surface area contributed by atoms with Gasteiger partial charge in [0.1, 0.15) is 0 Å².